The number of nitrogens with one attached hydrogen (secondary N) is 1. The third-order valence-electron chi connectivity index (χ3n) is 6.01. The Balaban J connectivity index is 1.81. The summed E-state index contributed by atoms with van der Waals surface area (Å²) in [7, 11) is 1.51. The molecular weight excluding hydrogens is 464 g/mol. The van der Waals surface area contributed by atoms with E-state index in [-0.39, 0.29) is 43.0 Å². The lowest BCUT2D eigenvalue weighted by Crippen LogP contribution is -2.47. The molecule has 1 aliphatic rings. The fourth-order valence-electron chi connectivity index (χ4n) is 4.28. The highest BCUT2D eigenvalue weighted by atomic mass is 16.5. The summed E-state index contributed by atoms with van der Waals surface area (Å²) >= 11 is 0. The Bertz CT molecular complexity index is 1220. The molecule has 3 N–H and O–H groups in total. The van der Waals surface area contributed by atoms with Crippen molar-refractivity contribution < 1.29 is 9.53 Å². The van der Waals surface area contributed by atoms with Gasteiger partial charge in [0.15, 0.2) is 5.69 Å². The van der Waals surface area contributed by atoms with Gasteiger partial charge < -0.3 is 20.3 Å². The normalized spacial score (nSPS) is 14.5. The first-order chi connectivity index (χ1) is 17.3. The van der Waals surface area contributed by atoms with Crippen LogP contribution < -0.4 is 26.8 Å². The molecule has 0 radical (unpaired) electrons. The van der Waals surface area contributed by atoms with Gasteiger partial charge in [0.05, 0.1) is 18.7 Å². The van der Waals surface area contributed by atoms with Crippen molar-refractivity contribution in [3.8, 4) is 6.07 Å². The molecule has 1 aliphatic heterocycles. The summed E-state index contributed by atoms with van der Waals surface area (Å²) in [6, 6.07) is 5.65. The number of nitriles is 1. The van der Waals surface area contributed by atoms with Gasteiger partial charge in [0.2, 0.25) is 5.91 Å². The van der Waals surface area contributed by atoms with E-state index < -0.39 is 11.2 Å². The molecule has 3 heterocycles. The Kier molecular flexibility index (Phi) is 9.21. The first-order valence-corrected chi connectivity index (χ1v) is 12.0. The molecule has 3 rings (SSSR count). The number of carbonyl (C=O) groups excluding carboxylic acids is 1. The van der Waals surface area contributed by atoms with E-state index in [1.54, 1.807) is 18.3 Å². The maximum Gasteiger partial charge on any atom is 0.330 e. The van der Waals surface area contributed by atoms with Crippen LogP contribution >= 0.6 is 0 Å². The number of amides is 1. The molecule has 12 nitrogen and oxygen atoms in total. The van der Waals surface area contributed by atoms with Crippen LogP contribution in [0.25, 0.3) is 0 Å². The molecule has 12 heteroatoms. The molecule has 1 fully saturated rings. The number of ether oxygens (including phenoxy) is 1. The standard InChI is InChI=1S/C24H34N8O4/c1-17(2)15-32-21(26)20(23(34)28-24(32)35)31(12-13-36-3)19(33)16-29-8-5-9-30(11-10-29)22-18(14-25)6-4-7-27-22/h4,6-7,17H,5,8-13,15-16,26H2,1-3H3,(H,28,34,35). The number of aromatic amines is 1. The molecule has 2 aromatic rings. The number of nitrogen functional groups attached to an aromatic ring is 1. The molecule has 0 unspecified atom stereocenters. The van der Waals surface area contributed by atoms with Crippen molar-refractivity contribution in [2.45, 2.75) is 26.8 Å². The molecule has 0 aliphatic carbocycles. The van der Waals surface area contributed by atoms with Crippen molar-refractivity contribution in [2.24, 2.45) is 5.92 Å². The van der Waals surface area contributed by atoms with E-state index in [9.17, 15) is 19.6 Å². The van der Waals surface area contributed by atoms with Crippen molar-refractivity contribution >= 4 is 23.2 Å². The van der Waals surface area contributed by atoms with Gasteiger partial charge in [0.1, 0.15) is 17.7 Å². The van der Waals surface area contributed by atoms with Crippen LogP contribution in [0.4, 0.5) is 17.3 Å². The number of rotatable bonds is 9. The number of methoxy groups -OCH3 is 1. The van der Waals surface area contributed by atoms with Gasteiger partial charge in [0, 0.05) is 52.6 Å². The highest BCUT2D eigenvalue weighted by Crippen LogP contribution is 2.20. The van der Waals surface area contributed by atoms with Crippen LogP contribution in [0.15, 0.2) is 27.9 Å². The predicted octanol–water partition coefficient (Wildman–Crippen LogP) is 0.233. The number of carbonyl (C=O) groups is 1. The van der Waals surface area contributed by atoms with Crippen LogP contribution in [0.3, 0.4) is 0 Å². The first kappa shape index (κ1) is 26.9. The van der Waals surface area contributed by atoms with Crippen LogP contribution in [-0.2, 0) is 16.1 Å². The third kappa shape index (κ3) is 6.30. The van der Waals surface area contributed by atoms with Gasteiger partial charge in [-0.05, 0) is 24.5 Å². The minimum Gasteiger partial charge on any atom is -0.383 e. The molecule has 0 aromatic carbocycles. The molecule has 194 valence electrons. The minimum atomic E-state index is -0.705. The smallest absolute Gasteiger partial charge is 0.330 e. The van der Waals surface area contributed by atoms with Gasteiger partial charge in [-0.1, -0.05) is 13.8 Å². The van der Waals surface area contributed by atoms with Crippen LogP contribution in [0.5, 0.6) is 0 Å². The van der Waals surface area contributed by atoms with E-state index in [0.29, 0.717) is 44.1 Å². The quantitative estimate of drug-likeness (QED) is 0.494. The summed E-state index contributed by atoms with van der Waals surface area (Å²) in [6.07, 6.45) is 2.44. The molecule has 2 aromatic heterocycles. The second-order valence-electron chi connectivity index (χ2n) is 9.14. The second kappa shape index (κ2) is 12.3. The number of aromatic nitrogens is 3. The Hall–Kier alpha value is -3.69. The van der Waals surface area contributed by atoms with Gasteiger partial charge in [0.25, 0.3) is 5.56 Å². The van der Waals surface area contributed by atoms with Crippen LogP contribution in [0.2, 0.25) is 0 Å². The van der Waals surface area contributed by atoms with Gasteiger partial charge in [-0.15, -0.1) is 0 Å². The Morgan fingerprint density at radius 2 is 2.08 bits per heavy atom. The molecule has 1 amide bonds. The zero-order valence-corrected chi connectivity index (χ0v) is 21.1. The number of nitrogens with two attached hydrogens (primary N) is 1. The number of anilines is 3. The van der Waals surface area contributed by atoms with Gasteiger partial charge in [-0.25, -0.2) is 9.78 Å². The lowest BCUT2D eigenvalue weighted by atomic mass is 10.2. The second-order valence-corrected chi connectivity index (χ2v) is 9.14. The minimum absolute atomic E-state index is 0.0388. The number of hydrogen-bond donors (Lipinski definition) is 2. The Labute approximate surface area is 209 Å². The highest BCUT2D eigenvalue weighted by Gasteiger charge is 2.27. The molecule has 0 atom stereocenters. The topological polar surface area (TPSA) is 154 Å². The van der Waals surface area contributed by atoms with Crippen molar-refractivity contribution in [1.29, 1.82) is 5.26 Å². The largest absolute Gasteiger partial charge is 0.383 e. The van der Waals surface area contributed by atoms with E-state index in [4.69, 9.17) is 10.5 Å². The lowest BCUT2D eigenvalue weighted by molar-refractivity contribution is -0.119. The van der Waals surface area contributed by atoms with E-state index >= 15 is 0 Å². The SMILES string of the molecule is COCCN(C(=O)CN1CCCN(c2ncccc2C#N)CC1)c1c(N)n(CC(C)C)c(=O)[nH]c1=O. The number of nitrogens with zero attached hydrogens (tertiary/aromatic N) is 6. The molecule has 0 saturated carbocycles. The van der Waals surface area contributed by atoms with Gasteiger partial charge in [-0.3, -0.25) is 24.0 Å². The molecule has 1 saturated heterocycles. The Morgan fingerprint density at radius 3 is 2.78 bits per heavy atom. The summed E-state index contributed by atoms with van der Waals surface area (Å²) in [5, 5.41) is 9.41. The van der Waals surface area contributed by atoms with E-state index in [1.165, 1.54) is 16.6 Å². The highest BCUT2D eigenvalue weighted by molar-refractivity contribution is 5.96. The summed E-state index contributed by atoms with van der Waals surface area (Å²) < 4.78 is 6.46. The van der Waals surface area contributed by atoms with Gasteiger partial charge >= 0.3 is 5.69 Å². The van der Waals surface area contributed by atoms with Crippen molar-refractivity contribution in [2.75, 3.05) is 68.5 Å². The van der Waals surface area contributed by atoms with Crippen LogP contribution in [0.1, 0.15) is 25.8 Å². The van der Waals surface area contributed by atoms with Gasteiger partial charge in [-0.2, -0.15) is 5.26 Å². The number of H-pyrrole nitrogens is 1. The summed E-state index contributed by atoms with van der Waals surface area (Å²) in [5.41, 5.74) is 5.43. The molecule has 0 spiro atoms. The fourth-order valence-corrected chi connectivity index (χ4v) is 4.28. The summed E-state index contributed by atoms with van der Waals surface area (Å²) in [6.45, 7) is 7.07. The van der Waals surface area contributed by atoms with Crippen LogP contribution in [0, 0.1) is 17.2 Å². The van der Waals surface area contributed by atoms with Crippen molar-refractivity contribution in [1.82, 2.24) is 19.4 Å². The predicted molar refractivity (Wildman–Crippen MR) is 137 cm³/mol. The zero-order chi connectivity index (χ0) is 26.2. The van der Waals surface area contributed by atoms with Crippen LogP contribution in [-0.4, -0.2) is 78.3 Å². The third-order valence-corrected chi connectivity index (χ3v) is 6.01. The molecular formula is C24H34N8O4. The molecule has 0 bridgehead atoms. The van der Waals surface area contributed by atoms with E-state index in [1.807, 2.05) is 18.7 Å². The molecule has 36 heavy (non-hydrogen) atoms. The van der Waals surface area contributed by atoms with E-state index in [0.717, 1.165) is 6.42 Å². The number of pyridine rings is 1. The Morgan fingerprint density at radius 1 is 1.31 bits per heavy atom. The average Bonchev–Trinajstić information content (AvgIpc) is 3.08. The number of hydrogen-bond acceptors (Lipinski definition) is 9. The zero-order valence-electron chi connectivity index (χ0n) is 21.1. The van der Waals surface area contributed by atoms with Crippen molar-refractivity contribution in [3.05, 3.63) is 44.7 Å². The maximum atomic E-state index is 13.5. The summed E-state index contributed by atoms with van der Waals surface area (Å²) in [5.74, 6) is 0.389. The first-order valence-electron chi connectivity index (χ1n) is 12.0. The average molecular weight is 499 g/mol. The monoisotopic (exact) mass is 498 g/mol. The van der Waals surface area contributed by atoms with E-state index in [2.05, 4.69) is 20.9 Å². The fraction of sp³-hybridized carbons (Fsp3) is 0.542. The maximum absolute atomic E-state index is 13.5. The lowest BCUT2D eigenvalue weighted by Gasteiger charge is -2.28. The van der Waals surface area contributed by atoms with Crippen molar-refractivity contribution in [3.63, 3.8) is 0 Å². The summed E-state index contributed by atoms with van der Waals surface area (Å²) in [4.78, 5) is 50.6.